The molecular formula is C14H16N2O3S. The van der Waals surface area contributed by atoms with Gasteiger partial charge in [-0.3, -0.25) is 14.8 Å². The molecule has 1 atom stereocenters. The van der Waals surface area contributed by atoms with Crippen LogP contribution in [-0.2, 0) is 11.2 Å². The minimum Gasteiger partial charge on any atom is -0.355 e. The molecule has 1 aromatic rings. The Morgan fingerprint density at radius 1 is 1.45 bits per heavy atom. The van der Waals surface area contributed by atoms with Crippen molar-refractivity contribution in [3.05, 3.63) is 29.3 Å². The van der Waals surface area contributed by atoms with E-state index in [0.717, 1.165) is 36.3 Å². The number of hydroxylamine groups is 2. The van der Waals surface area contributed by atoms with Gasteiger partial charge in [0.2, 0.25) is 5.91 Å². The zero-order valence-electron chi connectivity index (χ0n) is 11.2. The van der Waals surface area contributed by atoms with Crippen molar-refractivity contribution >= 4 is 23.6 Å². The van der Waals surface area contributed by atoms with Crippen LogP contribution in [0.15, 0.2) is 23.1 Å². The predicted octanol–water partition coefficient (Wildman–Crippen LogP) is 1.44. The number of amides is 2. The minimum atomic E-state index is -0.420. The fraction of sp³-hybridized carbons (Fsp3) is 0.429. The second-order valence-corrected chi connectivity index (χ2v) is 6.68. The highest BCUT2D eigenvalue weighted by Gasteiger charge is 2.45. The first kappa shape index (κ1) is 13.5. The van der Waals surface area contributed by atoms with Crippen molar-refractivity contribution in [2.24, 2.45) is 0 Å². The van der Waals surface area contributed by atoms with E-state index in [-0.39, 0.29) is 10.7 Å². The molecule has 2 N–H and O–H groups in total. The molecule has 0 bridgehead atoms. The van der Waals surface area contributed by atoms with Crippen molar-refractivity contribution in [3.63, 3.8) is 0 Å². The summed E-state index contributed by atoms with van der Waals surface area (Å²) < 4.78 is -0.327. The Bertz CT molecular complexity index is 588. The molecule has 6 heteroatoms. The third kappa shape index (κ3) is 2.09. The average Bonchev–Trinajstić information content (AvgIpc) is 2.78. The molecule has 1 aromatic carbocycles. The Kier molecular flexibility index (Phi) is 3.22. The summed E-state index contributed by atoms with van der Waals surface area (Å²) >= 11 is 1.60. The number of carbonyl (C=O) groups excluding carboxylic acids is 2. The normalized spacial score (nSPS) is 24.4. The van der Waals surface area contributed by atoms with Crippen LogP contribution in [0.3, 0.4) is 0 Å². The lowest BCUT2D eigenvalue weighted by Gasteiger charge is -2.31. The maximum atomic E-state index is 12.0. The summed E-state index contributed by atoms with van der Waals surface area (Å²) in [6, 6.07) is 5.40. The molecule has 20 heavy (non-hydrogen) atoms. The first-order valence-corrected chi connectivity index (χ1v) is 7.41. The number of thioether (sulfide) groups is 1. The molecule has 0 saturated carbocycles. The quantitative estimate of drug-likeness (QED) is 0.607. The minimum absolute atomic E-state index is 0.128. The number of hydrogen-bond acceptors (Lipinski definition) is 4. The first-order valence-electron chi connectivity index (χ1n) is 6.59. The van der Waals surface area contributed by atoms with Gasteiger partial charge in [0.1, 0.15) is 4.75 Å². The molecule has 1 fully saturated rings. The molecule has 106 valence electrons. The lowest BCUT2D eigenvalue weighted by atomic mass is 9.95. The smallest absolute Gasteiger partial charge is 0.276 e. The van der Waals surface area contributed by atoms with E-state index in [4.69, 9.17) is 0 Å². The van der Waals surface area contributed by atoms with Crippen LogP contribution in [-0.4, -0.2) is 40.4 Å². The number of rotatable bonds is 1. The average molecular weight is 292 g/mol. The number of nitrogens with one attached hydrogen (secondary N) is 1. The Morgan fingerprint density at radius 3 is 2.90 bits per heavy atom. The maximum absolute atomic E-state index is 12.0. The third-order valence-corrected chi connectivity index (χ3v) is 5.54. The molecule has 2 heterocycles. The molecule has 0 radical (unpaired) electrons. The van der Waals surface area contributed by atoms with Gasteiger partial charge >= 0.3 is 0 Å². The van der Waals surface area contributed by atoms with E-state index in [0.29, 0.717) is 10.6 Å². The highest BCUT2D eigenvalue weighted by atomic mass is 32.2. The molecule has 2 amide bonds. The summed E-state index contributed by atoms with van der Waals surface area (Å²) in [6.07, 6.45) is 2.44. The van der Waals surface area contributed by atoms with Crippen molar-refractivity contribution in [2.75, 3.05) is 13.6 Å². The fourth-order valence-electron chi connectivity index (χ4n) is 2.78. The zero-order valence-corrected chi connectivity index (χ0v) is 12.0. The van der Waals surface area contributed by atoms with Crippen LogP contribution in [0.4, 0.5) is 0 Å². The van der Waals surface area contributed by atoms with Crippen LogP contribution in [0, 0.1) is 0 Å². The van der Waals surface area contributed by atoms with E-state index < -0.39 is 5.91 Å². The summed E-state index contributed by atoms with van der Waals surface area (Å²) in [5.74, 6) is -0.292. The van der Waals surface area contributed by atoms with Gasteiger partial charge < -0.3 is 5.32 Å². The monoisotopic (exact) mass is 292 g/mol. The second-order valence-electron chi connectivity index (χ2n) is 5.25. The lowest BCUT2D eigenvalue weighted by molar-refractivity contribution is -0.121. The molecule has 3 rings (SSSR count). The van der Waals surface area contributed by atoms with Crippen LogP contribution in [0.2, 0.25) is 0 Å². The Labute approximate surface area is 121 Å². The maximum Gasteiger partial charge on any atom is 0.276 e. The fourth-order valence-corrected chi connectivity index (χ4v) is 4.20. The molecule has 1 unspecified atom stereocenters. The highest BCUT2D eigenvalue weighted by Crippen LogP contribution is 2.47. The Hall–Kier alpha value is -1.53. The van der Waals surface area contributed by atoms with Gasteiger partial charge in [0, 0.05) is 24.1 Å². The zero-order chi connectivity index (χ0) is 14.3. The first-order chi connectivity index (χ1) is 9.52. The molecule has 0 aromatic heterocycles. The van der Waals surface area contributed by atoms with Gasteiger partial charge in [-0.25, -0.2) is 5.06 Å². The molecule has 1 saturated heterocycles. The predicted molar refractivity (Wildman–Crippen MR) is 74.9 cm³/mol. The summed E-state index contributed by atoms with van der Waals surface area (Å²) in [5.41, 5.74) is 1.55. The number of hydrogen-bond donors (Lipinski definition) is 2. The summed E-state index contributed by atoms with van der Waals surface area (Å²) in [7, 11) is 1.31. The van der Waals surface area contributed by atoms with Crippen LogP contribution >= 0.6 is 11.8 Å². The molecule has 5 nitrogen and oxygen atoms in total. The number of fused-ring (bicyclic) bond motifs is 1. The van der Waals surface area contributed by atoms with Crippen LogP contribution in [0.1, 0.15) is 28.8 Å². The second kappa shape index (κ2) is 4.79. The van der Waals surface area contributed by atoms with E-state index in [9.17, 15) is 14.8 Å². The topological polar surface area (TPSA) is 69.6 Å². The molecule has 2 aliphatic heterocycles. The number of nitrogens with zero attached hydrogens (tertiary/aromatic N) is 1. The Balaban J connectivity index is 1.89. The third-order valence-electron chi connectivity index (χ3n) is 3.93. The SMILES string of the molecule is CN(O)C(=O)c1ccc2c(c1)CCC1(CCNC1=O)S2. The van der Waals surface area contributed by atoms with Gasteiger partial charge in [0.25, 0.3) is 5.91 Å². The van der Waals surface area contributed by atoms with Crippen LogP contribution < -0.4 is 5.32 Å². The van der Waals surface area contributed by atoms with E-state index in [2.05, 4.69) is 5.32 Å². The van der Waals surface area contributed by atoms with Crippen molar-refractivity contribution in [1.82, 2.24) is 10.4 Å². The molecule has 0 aliphatic carbocycles. The van der Waals surface area contributed by atoms with Crippen molar-refractivity contribution in [2.45, 2.75) is 28.9 Å². The standard InChI is InChI=1S/C14H16N2O3S/c1-16(19)12(17)10-2-3-11-9(8-10)4-5-14(20-11)6-7-15-13(14)18/h2-3,8,19H,4-7H2,1H3,(H,15,18). The summed E-state index contributed by atoms with van der Waals surface area (Å²) in [6.45, 7) is 0.743. The van der Waals surface area contributed by atoms with Gasteiger partial charge in [-0.2, -0.15) is 0 Å². The number of carbonyl (C=O) groups is 2. The van der Waals surface area contributed by atoms with Crippen LogP contribution in [0.25, 0.3) is 0 Å². The van der Waals surface area contributed by atoms with E-state index in [1.165, 1.54) is 7.05 Å². The number of benzene rings is 1. The van der Waals surface area contributed by atoms with E-state index in [1.54, 1.807) is 17.8 Å². The van der Waals surface area contributed by atoms with Gasteiger partial charge in [0.05, 0.1) is 0 Å². The van der Waals surface area contributed by atoms with Gasteiger partial charge in [-0.1, -0.05) is 0 Å². The summed E-state index contributed by atoms with van der Waals surface area (Å²) in [5, 5.41) is 12.7. The van der Waals surface area contributed by atoms with E-state index >= 15 is 0 Å². The Morgan fingerprint density at radius 2 is 2.25 bits per heavy atom. The molecule has 2 aliphatic rings. The van der Waals surface area contributed by atoms with Gasteiger partial charge in [-0.05, 0) is 43.0 Å². The van der Waals surface area contributed by atoms with E-state index in [1.807, 2.05) is 12.1 Å². The van der Waals surface area contributed by atoms with Crippen LogP contribution in [0.5, 0.6) is 0 Å². The lowest BCUT2D eigenvalue weighted by Crippen LogP contribution is -2.37. The number of aryl methyl sites for hydroxylation is 1. The molecular weight excluding hydrogens is 276 g/mol. The van der Waals surface area contributed by atoms with Gasteiger partial charge in [-0.15, -0.1) is 11.8 Å². The van der Waals surface area contributed by atoms with Crippen molar-refractivity contribution in [1.29, 1.82) is 0 Å². The van der Waals surface area contributed by atoms with Crippen molar-refractivity contribution < 1.29 is 14.8 Å². The van der Waals surface area contributed by atoms with Crippen molar-refractivity contribution in [3.8, 4) is 0 Å². The largest absolute Gasteiger partial charge is 0.355 e. The highest BCUT2D eigenvalue weighted by molar-refractivity contribution is 8.01. The molecule has 1 spiro atoms. The summed E-state index contributed by atoms with van der Waals surface area (Å²) in [4.78, 5) is 24.8. The van der Waals surface area contributed by atoms with Gasteiger partial charge in [0.15, 0.2) is 0 Å².